The van der Waals surface area contributed by atoms with Gasteiger partial charge in [-0.3, -0.25) is 4.79 Å². The summed E-state index contributed by atoms with van der Waals surface area (Å²) >= 11 is 0. The lowest BCUT2D eigenvalue weighted by Crippen LogP contribution is -2.11. The van der Waals surface area contributed by atoms with Crippen molar-refractivity contribution in [2.24, 2.45) is 5.73 Å². The molecule has 0 heterocycles. The average molecular weight is 200 g/mol. The molecule has 0 fully saturated rings. The quantitative estimate of drug-likeness (QED) is 0.802. The Bertz CT molecular complexity index is 520. The molecule has 0 saturated heterocycles. The number of amides is 1. The van der Waals surface area contributed by atoms with Crippen molar-refractivity contribution in [1.82, 2.24) is 0 Å². The van der Waals surface area contributed by atoms with Crippen LogP contribution in [0.3, 0.4) is 0 Å². The fourth-order valence-electron chi connectivity index (χ4n) is 1.52. The van der Waals surface area contributed by atoms with Gasteiger partial charge in [0.05, 0.1) is 12.7 Å². The summed E-state index contributed by atoms with van der Waals surface area (Å²) in [4.78, 5) is 11.2. The van der Waals surface area contributed by atoms with Crippen LogP contribution in [0.25, 0.3) is 10.8 Å². The second-order valence-electron chi connectivity index (χ2n) is 3.16. The predicted octanol–water partition coefficient (Wildman–Crippen LogP) is 1.75. The third kappa shape index (κ3) is 1.64. The molecule has 2 aromatic rings. The minimum absolute atomic E-state index is 0.366. The number of benzene rings is 2. The number of hydrogen-bond donors (Lipinski definition) is 1. The molecule has 15 heavy (non-hydrogen) atoms. The van der Waals surface area contributed by atoms with E-state index in [1.807, 2.05) is 30.3 Å². The highest BCUT2D eigenvalue weighted by atomic mass is 16.5. The van der Waals surface area contributed by atoms with Gasteiger partial charge in [-0.2, -0.15) is 0 Å². The summed E-state index contributed by atoms with van der Waals surface area (Å²) < 4.78 is 5.05. The molecule has 2 aromatic carbocycles. The molecule has 0 aliphatic rings. The zero-order valence-electron chi connectivity index (χ0n) is 8.28. The molecule has 3 nitrogen and oxygen atoms in total. The molecular weight excluding hydrogens is 190 g/mol. The number of rotatable bonds is 2. The first kappa shape index (κ1) is 9.52. The summed E-state index contributed by atoms with van der Waals surface area (Å²) in [6.45, 7) is 0. The second-order valence-corrected chi connectivity index (χ2v) is 3.16. The van der Waals surface area contributed by atoms with Crippen LogP contribution in [0, 0.1) is 6.07 Å². The molecule has 0 aliphatic carbocycles. The summed E-state index contributed by atoms with van der Waals surface area (Å²) in [7, 11) is 1.53. The fraction of sp³-hybridized carbons (Fsp3) is 0.0833. The summed E-state index contributed by atoms with van der Waals surface area (Å²) in [6.07, 6.45) is 0. The molecule has 1 radical (unpaired) electrons. The Labute approximate surface area is 87.5 Å². The Hall–Kier alpha value is -2.03. The number of hydrogen-bond acceptors (Lipinski definition) is 2. The van der Waals surface area contributed by atoms with E-state index in [0.717, 1.165) is 10.8 Å². The van der Waals surface area contributed by atoms with Crippen LogP contribution >= 0.6 is 0 Å². The van der Waals surface area contributed by atoms with E-state index in [4.69, 9.17) is 10.5 Å². The Morgan fingerprint density at radius 1 is 1.40 bits per heavy atom. The van der Waals surface area contributed by atoms with Gasteiger partial charge in [0.15, 0.2) is 0 Å². The highest BCUT2D eigenvalue weighted by Crippen LogP contribution is 2.24. The lowest BCUT2D eigenvalue weighted by atomic mass is 10.0. The van der Waals surface area contributed by atoms with E-state index in [2.05, 4.69) is 6.07 Å². The molecule has 2 rings (SSSR count). The van der Waals surface area contributed by atoms with Gasteiger partial charge in [-0.25, -0.2) is 0 Å². The maximum absolute atomic E-state index is 11.2. The van der Waals surface area contributed by atoms with Crippen molar-refractivity contribution in [3.63, 3.8) is 0 Å². The topological polar surface area (TPSA) is 52.3 Å². The van der Waals surface area contributed by atoms with Crippen molar-refractivity contribution >= 4 is 16.7 Å². The summed E-state index contributed by atoms with van der Waals surface area (Å²) in [5, 5.41) is 1.72. The molecule has 75 valence electrons. The number of carbonyl (C=O) groups is 1. The Kier molecular flexibility index (Phi) is 2.29. The van der Waals surface area contributed by atoms with Crippen LogP contribution in [0.4, 0.5) is 0 Å². The van der Waals surface area contributed by atoms with Gasteiger partial charge in [0.25, 0.3) is 0 Å². The van der Waals surface area contributed by atoms with Crippen molar-refractivity contribution in [3.8, 4) is 5.75 Å². The average Bonchev–Trinajstić information content (AvgIpc) is 2.27. The fourth-order valence-corrected chi connectivity index (χ4v) is 1.52. The summed E-state index contributed by atoms with van der Waals surface area (Å²) in [5.41, 5.74) is 5.64. The van der Waals surface area contributed by atoms with Crippen molar-refractivity contribution in [2.45, 2.75) is 0 Å². The molecular formula is C12H10NO2. The normalized spacial score (nSPS) is 10.2. The van der Waals surface area contributed by atoms with Crippen LogP contribution in [0.1, 0.15) is 10.4 Å². The lowest BCUT2D eigenvalue weighted by Gasteiger charge is -2.05. The van der Waals surface area contributed by atoms with Gasteiger partial charge in [-0.15, -0.1) is 0 Å². The monoisotopic (exact) mass is 200 g/mol. The highest BCUT2D eigenvalue weighted by molar-refractivity contribution is 6.06. The highest BCUT2D eigenvalue weighted by Gasteiger charge is 2.09. The number of ether oxygens (including phenoxy) is 1. The third-order valence-electron chi connectivity index (χ3n) is 2.23. The summed E-state index contributed by atoms with van der Waals surface area (Å²) in [5.74, 6) is 0.0209. The molecule has 0 bridgehead atoms. The first-order valence-electron chi connectivity index (χ1n) is 4.51. The molecule has 1 amide bonds. The Morgan fingerprint density at radius 2 is 2.13 bits per heavy atom. The van der Waals surface area contributed by atoms with Crippen molar-refractivity contribution < 1.29 is 9.53 Å². The predicted molar refractivity (Wildman–Crippen MR) is 57.9 cm³/mol. The maximum Gasteiger partial charge on any atom is 0.250 e. The van der Waals surface area contributed by atoms with E-state index < -0.39 is 5.91 Å². The van der Waals surface area contributed by atoms with Gasteiger partial charge in [0.2, 0.25) is 5.91 Å². The Balaban J connectivity index is 2.80. The molecule has 0 spiro atoms. The minimum Gasteiger partial charge on any atom is -0.496 e. The first-order valence-corrected chi connectivity index (χ1v) is 4.51. The molecule has 0 atom stereocenters. The number of carbonyl (C=O) groups excluding carboxylic acids is 1. The standard InChI is InChI=1S/C12H10NO2/c1-15-9-6-8-4-2-3-5-10(8)11(7-9)12(13)14/h2-6H,1H3,(H2,13,14). The van der Waals surface area contributed by atoms with E-state index in [-0.39, 0.29) is 0 Å². The molecule has 0 aliphatic heterocycles. The van der Waals surface area contributed by atoms with Crippen LogP contribution < -0.4 is 10.5 Å². The van der Waals surface area contributed by atoms with Gasteiger partial charge in [-0.05, 0) is 16.8 Å². The van der Waals surface area contributed by atoms with Crippen LogP contribution in [-0.4, -0.2) is 13.0 Å². The second kappa shape index (κ2) is 3.61. The smallest absolute Gasteiger partial charge is 0.250 e. The van der Waals surface area contributed by atoms with Gasteiger partial charge < -0.3 is 10.5 Å². The van der Waals surface area contributed by atoms with Crippen LogP contribution in [0.2, 0.25) is 0 Å². The minimum atomic E-state index is -0.495. The van der Waals surface area contributed by atoms with Crippen molar-refractivity contribution in [3.05, 3.63) is 42.0 Å². The molecule has 2 N–H and O–H groups in total. The molecule has 0 aromatic heterocycles. The van der Waals surface area contributed by atoms with Gasteiger partial charge >= 0.3 is 0 Å². The van der Waals surface area contributed by atoms with Crippen molar-refractivity contribution in [2.75, 3.05) is 7.11 Å². The number of primary amides is 1. The van der Waals surface area contributed by atoms with Crippen LogP contribution in [0.5, 0.6) is 5.75 Å². The van der Waals surface area contributed by atoms with E-state index >= 15 is 0 Å². The van der Waals surface area contributed by atoms with Crippen molar-refractivity contribution in [1.29, 1.82) is 0 Å². The molecule has 0 unspecified atom stereocenters. The SMILES string of the molecule is COc1[c]c(C(N)=O)c2ccccc2c1. The van der Waals surface area contributed by atoms with Gasteiger partial charge in [0, 0.05) is 6.07 Å². The maximum atomic E-state index is 11.2. The third-order valence-corrected chi connectivity index (χ3v) is 2.23. The number of methoxy groups -OCH3 is 1. The Morgan fingerprint density at radius 3 is 2.80 bits per heavy atom. The lowest BCUT2D eigenvalue weighted by molar-refractivity contribution is 0.100. The van der Waals surface area contributed by atoms with E-state index in [1.165, 1.54) is 7.11 Å². The summed E-state index contributed by atoms with van der Waals surface area (Å²) in [6, 6.07) is 12.2. The van der Waals surface area contributed by atoms with Gasteiger partial charge in [0.1, 0.15) is 5.75 Å². The molecule has 3 heteroatoms. The van der Waals surface area contributed by atoms with Crippen LogP contribution in [-0.2, 0) is 0 Å². The zero-order chi connectivity index (χ0) is 10.8. The van der Waals surface area contributed by atoms with Gasteiger partial charge in [-0.1, -0.05) is 24.3 Å². The first-order chi connectivity index (χ1) is 7.22. The number of fused-ring (bicyclic) bond motifs is 1. The van der Waals surface area contributed by atoms with Crippen LogP contribution in [0.15, 0.2) is 30.3 Å². The van der Waals surface area contributed by atoms with E-state index in [9.17, 15) is 4.79 Å². The van der Waals surface area contributed by atoms with E-state index in [0.29, 0.717) is 11.3 Å². The zero-order valence-corrected chi connectivity index (χ0v) is 8.28. The van der Waals surface area contributed by atoms with E-state index in [1.54, 1.807) is 0 Å². The largest absolute Gasteiger partial charge is 0.496 e. The number of nitrogens with two attached hydrogens (primary N) is 1. The molecule has 0 saturated carbocycles.